The van der Waals surface area contributed by atoms with E-state index in [1.165, 1.54) is 0 Å². The zero-order valence-electron chi connectivity index (χ0n) is 9.01. The molecule has 1 aromatic heterocycles. The van der Waals surface area contributed by atoms with Gasteiger partial charge in [-0.15, -0.1) is 0 Å². The predicted octanol–water partition coefficient (Wildman–Crippen LogP) is 2.92. The van der Waals surface area contributed by atoms with E-state index in [-0.39, 0.29) is 5.92 Å². The minimum Gasteiger partial charge on any atom is -0.388 e. The molecule has 2 heteroatoms. The molecule has 2 nitrogen and oxygen atoms in total. The van der Waals surface area contributed by atoms with E-state index in [9.17, 15) is 5.11 Å². The molecule has 0 saturated heterocycles. The van der Waals surface area contributed by atoms with E-state index in [2.05, 4.69) is 4.98 Å². The van der Waals surface area contributed by atoms with E-state index in [4.69, 9.17) is 0 Å². The minimum absolute atomic E-state index is 0.218. The van der Waals surface area contributed by atoms with Crippen LogP contribution >= 0.6 is 0 Å². The first-order chi connectivity index (χ1) is 7.20. The van der Waals surface area contributed by atoms with Crippen LogP contribution in [0.2, 0.25) is 0 Å². The number of aliphatic hydroxyl groups excluding tert-OH is 1. The van der Waals surface area contributed by atoms with Crippen molar-refractivity contribution in [3.63, 3.8) is 0 Å². The molecule has 1 aromatic carbocycles. The number of hydrogen-bond donors (Lipinski definition) is 1. The van der Waals surface area contributed by atoms with Gasteiger partial charge in [-0.2, -0.15) is 0 Å². The van der Waals surface area contributed by atoms with Crippen LogP contribution in [0, 0.1) is 5.92 Å². The maximum Gasteiger partial charge on any atom is 0.0819 e. The molecular weight excluding hydrogens is 186 g/mol. The maximum absolute atomic E-state index is 10.1. The summed E-state index contributed by atoms with van der Waals surface area (Å²) in [6.07, 6.45) is 1.35. The Morgan fingerprint density at radius 1 is 1.13 bits per heavy atom. The first-order valence-corrected chi connectivity index (χ1v) is 5.22. The van der Waals surface area contributed by atoms with Crippen LogP contribution in [-0.4, -0.2) is 10.1 Å². The molecule has 1 heterocycles. The van der Waals surface area contributed by atoms with Gasteiger partial charge >= 0.3 is 0 Å². The Kier molecular flexibility index (Phi) is 2.69. The summed E-state index contributed by atoms with van der Waals surface area (Å²) in [5.41, 5.74) is 1.91. The minimum atomic E-state index is -0.419. The Hall–Kier alpha value is -1.41. The second-order valence-corrected chi connectivity index (χ2v) is 4.11. The molecule has 78 valence electrons. The molecule has 0 bridgehead atoms. The van der Waals surface area contributed by atoms with Crippen molar-refractivity contribution in [1.82, 2.24) is 4.98 Å². The lowest BCUT2D eigenvalue weighted by Gasteiger charge is -2.16. The molecule has 1 N–H and O–H groups in total. The third kappa shape index (κ3) is 1.85. The molecule has 0 saturated carbocycles. The van der Waals surface area contributed by atoms with E-state index >= 15 is 0 Å². The summed E-state index contributed by atoms with van der Waals surface area (Å²) in [4.78, 5) is 4.27. The van der Waals surface area contributed by atoms with Gasteiger partial charge in [-0.3, -0.25) is 4.98 Å². The molecule has 0 amide bonds. The van der Waals surface area contributed by atoms with Crippen LogP contribution < -0.4 is 0 Å². The Morgan fingerprint density at radius 2 is 1.93 bits per heavy atom. The van der Waals surface area contributed by atoms with Crippen molar-refractivity contribution >= 4 is 10.9 Å². The zero-order valence-corrected chi connectivity index (χ0v) is 9.01. The number of aliphatic hydroxyl groups is 1. The lowest BCUT2D eigenvalue weighted by molar-refractivity contribution is 0.128. The van der Waals surface area contributed by atoms with E-state index in [0.717, 1.165) is 16.5 Å². The van der Waals surface area contributed by atoms with Gasteiger partial charge in [0.15, 0.2) is 0 Å². The summed E-state index contributed by atoms with van der Waals surface area (Å²) in [6, 6.07) is 9.78. The fourth-order valence-corrected chi connectivity index (χ4v) is 1.74. The average Bonchev–Trinajstić information content (AvgIpc) is 2.27. The Labute approximate surface area is 89.6 Å². The quantitative estimate of drug-likeness (QED) is 0.810. The zero-order chi connectivity index (χ0) is 10.8. The van der Waals surface area contributed by atoms with Crippen molar-refractivity contribution < 1.29 is 5.11 Å². The summed E-state index contributed by atoms with van der Waals surface area (Å²) in [7, 11) is 0. The van der Waals surface area contributed by atoms with Crippen LogP contribution in [0.15, 0.2) is 36.5 Å². The number of fused-ring (bicyclic) bond motifs is 1. The van der Waals surface area contributed by atoms with Crippen molar-refractivity contribution in [3.05, 3.63) is 42.1 Å². The molecule has 1 unspecified atom stereocenters. The number of hydrogen-bond acceptors (Lipinski definition) is 2. The highest BCUT2D eigenvalue weighted by molar-refractivity contribution is 5.82. The van der Waals surface area contributed by atoms with Gasteiger partial charge in [0.25, 0.3) is 0 Å². The molecule has 0 aliphatic rings. The molecule has 0 fully saturated rings. The molecular formula is C13H15NO. The van der Waals surface area contributed by atoms with Gasteiger partial charge in [0.05, 0.1) is 11.6 Å². The molecule has 1 atom stereocenters. The Bertz CT molecular complexity index is 460. The van der Waals surface area contributed by atoms with E-state index in [0.29, 0.717) is 0 Å². The number of nitrogens with zero attached hydrogens (tertiary/aromatic N) is 1. The van der Waals surface area contributed by atoms with Gasteiger partial charge in [0.2, 0.25) is 0 Å². The van der Waals surface area contributed by atoms with Crippen LogP contribution in [0.3, 0.4) is 0 Å². The van der Waals surface area contributed by atoms with Gasteiger partial charge in [-0.1, -0.05) is 32.0 Å². The smallest absolute Gasteiger partial charge is 0.0819 e. The highest BCUT2D eigenvalue weighted by atomic mass is 16.3. The Balaban J connectivity index is 2.60. The fourth-order valence-electron chi connectivity index (χ4n) is 1.74. The highest BCUT2D eigenvalue weighted by Crippen LogP contribution is 2.27. The van der Waals surface area contributed by atoms with Crippen LogP contribution in [-0.2, 0) is 0 Å². The number of aromatic nitrogens is 1. The van der Waals surface area contributed by atoms with E-state index < -0.39 is 6.10 Å². The van der Waals surface area contributed by atoms with Crippen LogP contribution in [0.4, 0.5) is 0 Å². The second kappa shape index (κ2) is 3.99. The summed E-state index contributed by atoms with van der Waals surface area (Å²) < 4.78 is 0. The summed E-state index contributed by atoms with van der Waals surface area (Å²) in [5, 5.41) is 11.1. The molecule has 0 spiro atoms. The molecule has 2 aromatic rings. The van der Waals surface area contributed by atoms with Crippen LogP contribution in [0.1, 0.15) is 25.5 Å². The summed E-state index contributed by atoms with van der Waals surface area (Å²) in [5.74, 6) is 0.218. The van der Waals surface area contributed by atoms with Crippen molar-refractivity contribution in [1.29, 1.82) is 0 Å². The van der Waals surface area contributed by atoms with Crippen molar-refractivity contribution in [2.24, 2.45) is 5.92 Å². The van der Waals surface area contributed by atoms with Crippen molar-refractivity contribution in [2.45, 2.75) is 20.0 Å². The summed E-state index contributed by atoms with van der Waals surface area (Å²) >= 11 is 0. The second-order valence-electron chi connectivity index (χ2n) is 4.11. The van der Waals surface area contributed by atoms with Gasteiger partial charge in [-0.25, -0.2) is 0 Å². The predicted molar refractivity (Wildman–Crippen MR) is 61.5 cm³/mol. The largest absolute Gasteiger partial charge is 0.388 e. The molecule has 15 heavy (non-hydrogen) atoms. The summed E-state index contributed by atoms with van der Waals surface area (Å²) in [6.45, 7) is 4.03. The first-order valence-electron chi connectivity index (χ1n) is 5.22. The number of pyridine rings is 1. The maximum atomic E-state index is 10.1. The number of rotatable bonds is 2. The third-order valence-corrected chi connectivity index (χ3v) is 2.63. The SMILES string of the molecule is CC(C)C(O)c1cccc2ncccc12. The topological polar surface area (TPSA) is 33.1 Å². The third-order valence-electron chi connectivity index (χ3n) is 2.63. The van der Waals surface area contributed by atoms with Gasteiger partial charge in [-0.05, 0) is 23.6 Å². The average molecular weight is 201 g/mol. The van der Waals surface area contributed by atoms with E-state index in [1.54, 1.807) is 6.20 Å². The van der Waals surface area contributed by atoms with Gasteiger partial charge in [0, 0.05) is 11.6 Å². The van der Waals surface area contributed by atoms with Gasteiger partial charge in [0.1, 0.15) is 0 Å². The monoisotopic (exact) mass is 201 g/mol. The van der Waals surface area contributed by atoms with Gasteiger partial charge < -0.3 is 5.11 Å². The molecule has 0 radical (unpaired) electrons. The highest BCUT2D eigenvalue weighted by Gasteiger charge is 2.14. The van der Waals surface area contributed by atoms with Crippen molar-refractivity contribution in [2.75, 3.05) is 0 Å². The lowest BCUT2D eigenvalue weighted by atomic mass is 9.96. The lowest BCUT2D eigenvalue weighted by Crippen LogP contribution is -2.05. The molecule has 0 aliphatic carbocycles. The normalized spacial score (nSPS) is 13.3. The van der Waals surface area contributed by atoms with Crippen LogP contribution in [0.25, 0.3) is 10.9 Å². The standard InChI is InChI=1S/C13H15NO/c1-9(2)13(15)11-5-3-7-12-10(11)6-4-8-14-12/h3-9,13,15H,1-2H3. The number of benzene rings is 1. The molecule has 2 rings (SSSR count). The Morgan fingerprint density at radius 3 is 2.67 bits per heavy atom. The van der Waals surface area contributed by atoms with Crippen LogP contribution in [0.5, 0.6) is 0 Å². The molecule has 0 aliphatic heterocycles. The van der Waals surface area contributed by atoms with Crippen molar-refractivity contribution in [3.8, 4) is 0 Å². The fraction of sp³-hybridized carbons (Fsp3) is 0.308. The first kappa shape index (κ1) is 10.1. The van der Waals surface area contributed by atoms with E-state index in [1.807, 2.05) is 44.2 Å².